The Hall–Kier alpha value is -1.63. The van der Waals surface area contributed by atoms with Crippen molar-refractivity contribution in [1.29, 1.82) is 0 Å². The van der Waals surface area contributed by atoms with Gasteiger partial charge < -0.3 is 43.0 Å². The van der Waals surface area contributed by atoms with Crippen LogP contribution in [0.4, 0.5) is 0 Å². The molecule has 0 spiro atoms. The molecule has 4 fully saturated rings. The van der Waals surface area contributed by atoms with Gasteiger partial charge in [0.25, 0.3) is 0 Å². The molecule has 0 amide bonds. The van der Waals surface area contributed by atoms with Gasteiger partial charge in [-0.2, -0.15) is 0 Å². The van der Waals surface area contributed by atoms with Crippen molar-refractivity contribution in [1.82, 2.24) is 0 Å². The van der Waals surface area contributed by atoms with Crippen molar-refractivity contribution in [2.24, 2.45) is 0 Å². The number of fused-ring (bicyclic) bond motifs is 8. The fourth-order valence-electron chi connectivity index (χ4n) is 7.43. The van der Waals surface area contributed by atoms with Gasteiger partial charge in [-0.05, 0) is 52.5 Å². The van der Waals surface area contributed by atoms with E-state index in [1.165, 1.54) is 6.42 Å². The molecule has 4 saturated heterocycles. The third-order valence-electron chi connectivity index (χ3n) is 10.0. The summed E-state index contributed by atoms with van der Waals surface area (Å²) in [7, 11) is 0. The van der Waals surface area contributed by atoms with E-state index < -0.39 is 67.2 Å². The van der Waals surface area contributed by atoms with Crippen molar-refractivity contribution in [3.05, 3.63) is 35.9 Å². The van der Waals surface area contributed by atoms with Crippen molar-refractivity contribution in [3.8, 4) is 0 Å². The number of benzene rings is 1. The first-order valence-corrected chi connectivity index (χ1v) is 18.7. The maximum absolute atomic E-state index is 13.2. The Balaban J connectivity index is 1.37. The predicted octanol–water partition coefficient (Wildman–Crippen LogP) is 6.73. The molecule has 1 N–H and O–H groups in total. The number of hydrogen-bond donors (Lipinski definition) is 1. The second kappa shape index (κ2) is 18.0. The summed E-state index contributed by atoms with van der Waals surface area (Å²) in [5, 5.41) is 11.7. The van der Waals surface area contributed by atoms with Gasteiger partial charge in [-0.25, -0.2) is 0 Å². The van der Waals surface area contributed by atoms with Crippen molar-refractivity contribution in [2.45, 2.75) is 198 Å². The fourth-order valence-corrected chi connectivity index (χ4v) is 7.43. The molecule has 4 bridgehead atoms. The van der Waals surface area contributed by atoms with Crippen LogP contribution in [0.2, 0.25) is 0 Å². The molecule has 48 heavy (non-hydrogen) atoms. The first kappa shape index (κ1) is 37.6. The monoisotopic (exact) mass is 676 g/mol. The second-order valence-electron chi connectivity index (χ2n) is 14.6. The summed E-state index contributed by atoms with van der Waals surface area (Å²) >= 11 is 0. The molecule has 1 aromatic carbocycles. The lowest BCUT2D eigenvalue weighted by Crippen LogP contribution is -2.63. The predicted molar refractivity (Wildman–Crippen MR) is 179 cm³/mol. The first-order valence-electron chi connectivity index (χ1n) is 18.7. The molecular formula is C38H60O10. The Kier molecular flexibility index (Phi) is 14.1. The highest BCUT2D eigenvalue weighted by Crippen LogP contribution is 2.41. The summed E-state index contributed by atoms with van der Waals surface area (Å²) in [6, 6.07) is 9.77. The van der Waals surface area contributed by atoms with Crippen LogP contribution in [0.1, 0.15) is 124 Å². The maximum Gasteiger partial charge on any atom is 0.306 e. The molecule has 5 rings (SSSR count). The van der Waals surface area contributed by atoms with E-state index in [0.29, 0.717) is 0 Å². The number of ether oxygens (including phenoxy) is 8. The Labute approximate surface area is 287 Å². The summed E-state index contributed by atoms with van der Waals surface area (Å²) in [5.41, 5.74) is 0.969. The summed E-state index contributed by atoms with van der Waals surface area (Å²) in [4.78, 5) is 13.2. The summed E-state index contributed by atoms with van der Waals surface area (Å²) in [5.74, 6) is -1.24. The van der Waals surface area contributed by atoms with Crippen LogP contribution in [0.25, 0.3) is 0 Å². The van der Waals surface area contributed by atoms with Gasteiger partial charge in [0, 0.05) is 6.42 Å². The van der Waals surface area contributed by atoms with Gasteiger partial charge in [0.15, 0.2) is 24.5 Å². The third-order valence-corrected chi connectivity index (χ3v) is 10.0. The van der Waals surface area contributed by atoms with E-state index in [-0.39, 0.29) is 25.1 Å². The number of hydrogen-bond acceptors (Lipinski definition) is 10. The largest absolute Gasteiger partial charge is 0.456 e. The second-order valence-corrected chi connectivity index (χ2v) is 14.6. The zero-order valence-corrected chi connectivity index (χ0v) is 29.8. The minimum atomic E-state index is -1.31. The number of rotatable bonds is 7. The zero-order chi connectivity index (χ0) is 34.1. The highest BCUT2D eigenvalue weighted by atomic mass is 16.8. The Bertz CT molecular complexity index is 1100. The fraction of sp³-hybridized carbons (Fsp3) is 0.816. The average Bonchev–Trinajstić information content (AvgIpc) is 3.39. The van der Waals surface area contributed by atoms with Gasteiger partial charge in [0.1, 0.15) is 30.5 Å². The van der Waals surface area contributed by atoms with Crippen LogP contribution in [0.5, 0.6) is 0 Å². The van der Waals surface area contributed by atoms with Gasteiger partial charge in [-0.15, -0.1) is 0 Å². The van der Waals surface area contributed by atoms with E-state index in [1.54, 1.807) is 0 Å². The Morgan fingerprint density at radius 3 is 2.23 bits per heavy atom. The lowest BCUT2D eigenvalue weighted by atomic mass is 9.97. The summed E-state index contributed by atoms with van der Waals surface area (Å²) < 4.78 is 51.2. The van der Waals surface area contributed by atoms with Crippen molar-refractivity contribution >= 4 is 5.97 Å². The molecule has 0 saturated carbocycles. The highest BCUT2D eigenvalue weighted by molar-refractivity contribution is 5.69. The molecule has 1 aromatic rings. The van der Waals surface area contributed by atoms with E-state index >= 15 is 0 Å². The molecular weight excluding hydrogens is 616 g/mol. The van der Waals surface area contributed by atoms with Gasteiger partial charge in [-0.1, -0.05) is 95.0 Å². The molecule has 4 aliphatic rings. The summed E-state index contributed by atoms with van der Waals surface area (Å²) in [6.07, 6.45) is 5.60. The minimum absolute atomic E-state index is 0.0642. The van der Waals surface area contributed by atoms with Gasteiger partial charge in [-0.3, -0.25) is 4.79 Å². The van der Waals surface area contributed by atoms with Crippen LogP contribution in [0.3, 0.4) is 0 Å². The first-order chi connectivity index (χ1) is 23.1. The molecule has 10 heteroatoms. The normalized spacial score (nSPS) is 38.5. The standard InChI is InChI=1S/C38H60O10/c1-6-7-14-21-28-22-17-11-9-8-10-12-18-23-29(39)45-33-30(40)36(42-25(2)31(33)41-24-27-19-15-13-16-20-27)46-32-26(3)43-37(44-28)35-34(32)47-38(4,5)48-35/h13,15-16,19-20,25-26,28,30-37,40H,6-12,14,17-18,21-24H2,1-5H3/t25?,26?,28-,30?,31-,32-,33?,34?,35?,36-,37-/m0/s1. The molecule has 0 aliphatic carbocycles. The van der Waals surface area contributed by atoms with Crippen molar-refractivity contribution in [3.63, 3.8) is 0 Å². The molecule has 4 heterocycles. The summed E-state index contributed by atoms with van der Waals surface area (Å²) in [6.45, 7) is 10.0. The van der Waals surface area contributed by atoms with Crippen LogP contribution < -0.4 is 0 Å². The lowest BCUT2D eigenvalue weighted by Gasteiger charge is -2.47. The number of carbonyl (C=O) groups is 1. The topological polar surface area (TPSA) is 111 Å². The van der Waals surface area contributed by atoms with E-state index in [1.807, 2.05) is 58.0 Å². The van der Waals surface area contributed by atoms with Crippen LogP contribution in [0.15, 0.2) is 30.3 Å². The molecule has 0 radical (unpaired) electrons. The molecule has 10 nitrogen and oxygen atoms in total. The number of unbranched alkanes of at least 4 members (excludes halogenated alkanes) is 2. The molecule has 6 unspecified atom stereocenters. The van der Waals surface area contributed by atoms with Gasteiger partial charge >= 0.3 is 5.97 Å². The molecule has 4 aliphatic heterocycles. The van der Waals surface area contributed by atoms with Crippen LogP contribution in [0, 0.1) is 0 Å². The van der Waals surface area contributed by atoms with Crippen molar-refractivity contribution < 1.29 is 47.8 Å². The van der Waals surface area contributed by atoms with E-state index in [9.17, 15) is 9.90 Å². The number of carbonyl (C=O) groups excluding carboxylic acids is 1. The Morgan fingerprint density at radius 1 is 0.792 bits per heavy atom. The number of aliphatic hydroxyl groups is 1. The van der Waals surface area contributed by atoms with E-state index in [4.69, 9.17) is 37.9 Å². The van der Waals surface area contributed by atoms with Gasteiger partial charge in [0.2, 0.25) is 0 Å². The highest BCUT2D eigenvalue weighted by Gasteiger charge is 2.58. The maximum atomic E-state index is 13.2. The average molecular weight is 677 g/mol. The Morgan fingerprint density at radius 2 is 1.48 bits per heavy atom. The zero-order valence-electron chi connectivity index (χ0n) is 29.8. The van der Waals surface area contributed by atoms with Crippen molar-refractivity contribution in [2.75, 3.05) is 0 Å². The van der Waals surface area contributed by atoms with Crippen LogP contribution in [-0.2, 0) is 49.3 Å². The quantitative estimate of drug-likeness (QED) is 0.247. The van der Waals surface area contributed by atoms with E-state index in [0.717, 1.165) is 76.2 Å². The molecule has 11 atom stereocenters. The van der Waals surface area contributed by atoms with Gasteiger partial charge in [0.05, 0.1) is 24.9 Å². The van der Waals surface area contributed by atoms with Crippen LogP contribution >= 0.6 is 0 Å². The number of aliphatic hydroxyl groups excluding tert-OH is 1. The van der Waals surface area contributed by atoms with E-state index in [2.05, 4.69) is 6.92 Å². The number of esters is 1. The minimum Gasteiger partial charge on any atom is -0.456 e. The molecule has 272 valence electrons. The van der Waals surface area contributed by atoms with Crippen LogP contribution in [-0.4, -0.2) is 84.4 Å². The molecule has 0 aromatic heterocycles. The smallest absolute Gasteiger partial charge is 0.306 e. The SMILES string of the molecule is CCCCC[C@H]1CCCCCCCCCC(=O)OC2C(O)[C@@H](OC(C)[C@@H]2OCc2ccccc2)O[C@H]2C(C)O[C@@H](O1)C1OC(C)(C)OC12. The lowest BCUT2D eigenvalue weighted by molar-refractivity contribution is -0.348. The third kappa shape index (κ3) is 10.2.